The molecule has 2 aromatic carbocycles. The Bertz CT molecular complexity index is 1170. The lowest BCUT2D eigenvalue weighted by Crippen LogP contribution is -2.37. The Morgan fingerprint density at radius 1 is 1.13 bits per heavy atom. The molecule has 1 aliphatic heterocycles. The van der Waals surface area contributed by atoms with Crippen LogP contribution in [0.4, 0.5) is 0 Å². The molecule has 0 aliphatic carbocycles. The van der Waals surface area contributed by atoms with Gasteiger partial charge in [-0.15, -0.1) is 0 Å². The number of carbonyl (C=O) groups excluding carboxylic acids is 2. The lowest BCUT2D eigenvalue weighted by Gasteiger charge is -2.26. The van der Waals surface area contributed by atoms with Crippen molar-refractivity contribution in [3.63, 3.8) is 0 Å². The number of hydrogen-bond acceptors (Lipinski definition) is 7. The standard InChI is InChI=1S/C21H20N2O6S/c1-4-29-18-10-13(8-9-17(18)28-2)16(12-30(3,26)27)23-20(24)15-7-5-6-14(11-22)19(15)21(23)25/h5-10,16H,4,12H2,1-3H3. The fourth-order valence-corrected chi connectivity index (χ4v) is 4.37. The van der Waals surface area contributed by atoms with Crippen LogP contribution < -0.4 is 9.47 Å². The van der Waals surface area contributed by atoms with E-state index in [0.717, 1.165) is 11.2 Å². The molecule has 9 heteroatoms. The monoisotopic (exact) mass is 428 g/mol. The van der Waals surface area contributed by atoms with Gasteiger partial charge in [0, 0.05) is 6.26 Å². The zero-order chi connectivity index (χ0) is 22.1. The van der Waals surface area contributed by atoms with E-state index in [1.807, 2.05) is 6.07 Å². The highest BCUT2D eigenvalue weighted by atomic mass is 32.2. The van der Waals surface area contributed by atoms with Gasteiger partial charge in [0.25, 0.3) is 11.8 Å². The number of amides is 2. The smallest absolute Gasteiger partial charge is 0.263 e. The third kappa shape index (κ3) is 3.86. The Hall–Kier alpha value is -3.38. The van der Waals surface area contributed by atoms with E-state index in [-0.39, 0.29) is 16.7 Å². The zero-order valence-corrected chi connectivity index (χ0v) is 17.5. The molecule has 0 saturated carbocycles. The van der Waals surface area contributed by atoms with Gasteiger partial charge in [-0.05, 0) is 36.8 Å². The molecule has 0 aromatic heterocycles. The first-order valence-electron chi connectivity index (χ1n) is 9.11. The van der Waals surface area contributed by atoms with Gasteiger partial charge in [0.2, 0.25) is 0 Å². The van der Waals surface area contributed by atoms with Crippen LogP contribution in [0.3, 0.4) is 0 Å². The summed E-state index contributed by atoms with van der Waals surface area (Å²) < 4.78 is 35.1. The summed E-state index contributed by atoms with van der Waals surface area (Å²) >= 11 is 0. The number of nitriles is 1. The number of nitrogens with zero attached hydrogens (tertiary/aromatic N) is 2. The Morgan fingerprint density at radius 2 is 1.87 bits per heavy atom. The van der Waals surface area contributed by atoms with Gasteiger partial charge in [-0.2, -0.15) is 5.26 Å². The topological polar surface area (TPSA) is 114 Å². The van der Waals surface area contributed by atoms with Crippen LogP contribution in [0.5, 0.6) is 11.5 Å². The van der Waals surface area contributed by atoms with Gasteiger partial charge in [-0.1, -0.05) is 12.1 Å². The van der Waals surface area contributed by atoms with E-state index in [9.17, 15) is 23.3 Å². The van der Waals surface area contributed by atoms with E-state index in [1.165, 1.54) is 25.3 Å². The Kier molecular flexibility index (Phi) is 5.80. The van der Waals surface area contributed by atoms with Gasteiger partial charge in [0.15, 0.2) is 11.5 Å². The molecule has 8 nitrogen and oxygen atoms in total. The maximum absolute atomic E-state index is 13.1. The van der Waals surface area contributed by atoms with E-state index in [4.69, 9.17) is 9.47 Å². The number of methoxy groups -OCH3 is 1. The quantitative estimate of drug-likeness (QED) is 0.622. The van der Waals surface area contributed by atoms with Gasteiger partial charge < -0.3 is 9.47 Å². The summed E-state index contributed by atoms with van der Waals surface area (Å²) in [6.07, 6.45) is 1.03. The van der Waals surface area contributed by atoms with Gasteiger partial charge >= 0.3 is 0 Å². The molecule has 1 heterocycles. The van der Waals surface area contributed by atoms with Crippen molar-refractivity contribution < 1.29 is 27.5 Å². The molecule has 0 fully saturated rings. The van der Waals surface area contributed by atoms with Crippen molar-refractivity contribution in [3.8, 4) is 17.6 Å². The van der Waals surface area contributed by atoms with Crippen LogP contribution in [0.15, 0.2) is 36.4 Å². The number of fused-ring (bicyclic) bond motifs is 1. The average molecular weight is 428 g/mol. The van der Waals surface area contributed by atoms with Crippen LogP contribution in [0.2, 0.25) is 0 Å². The van der Waals surface area contributed by atoms with E-state index >= 15 is 0 Å². The summed E-state index contributed by atoms with van der Waals surface area (Å²) in [5.41, 5.74) is 0.534. The largest absolute Gasteiger partial charge is 0.493 e. The number of imide groups is 1. The highest BCUT2D eigenvalue weighted by molar-refractivity contribution is 7.90. The molecular weight excluding hydrogens is 408 g/mol. The highest BCUT2D eigenvalue weighted by Crippen LogP contribution is 2.37. The van der Waals surface area contributed by atoms with E-state index < -0.39 is 33.4 Å². The Labute approximate surface area is 174 Å². The first-order chi connectivity index (χ1) is 14.2. The van der Waals surface area contributed by atoms with Crippen molar-refractivity contribution in [3.05, 3.63) is 58.7 Å². The van der Waals surface area contributed by atoms with Crippen LogP contribution in [0.25, 0.3) is 0 Å². The van der Waals surface area contributed by atoms with Crippen molar-refractivity contribution in [2.75, 3.05) is 25.7 Å². The third-order valence-corrected chi connectivity index (χ3v) is 5.63. The minimum Gasteiger partial charge on any atom is -0.493 e. The molecule has 0 bridgehead atoms. The molecule has 1 atom stereocenters. The maximum Gasteiger partial charge on any atom is 0.263 e. The lowest BCUT2D eigenvalue weighted by atomic mass is 10.0. The van der Waals surface area contributed by atoms with Gasteiger partial charge in [-0.25, -0.2) is 8.42 Å². The molecule has 3 rings (SSSR count). The van der Waals surface area contributed by atoms with Crippen LogP contribution in [-0.2, 0) is 9.84 Å². The predicted octanol–water partition coefficient (Wildman–Crippen LogP) is 2.35. The van der Waals surface area contributed by atoms with Crippen LogP contribution in [0.1, 0.15) is 44.8 Å². The van der Waals surface area contributed by atoms with Gasteiger partial charge in [0.05, 0.1) is 48.3 Å². The second-order valence-electron chi connectivity index (χ2n) is 6.77. The maximum atomic E-state index is 13.1. The Balaban J connectivity index is 2.15. The summed E-state index contributed by atoms with van der Waals surface area (Å²) in [5, 5.41) is 9.33. The molecule has 0 N–H and O–H groups in total. The first kappa shape index (κ1) is 21.3. The third-order valence-electron chi connectivity index (χ3n) is 4.71. The normalized spacial score (nSPS) is 14.3. The Morgan fingerprint density at radius 3 is 2.47 bits per heavy atom. The van der Waals surface area contributed by atoms with Crippen LogP contribution >= 0.6 is 0 Å². The number of carbonyl (C=O) groups is 2. The van der Waals surface area contributed by atoms with Gasteiger partial charge in [-0.3, -0.25) is 14.5 Å². The van der Waals surface area contributed by atoms with E-state index in [0.29, 0.717) is 23.7 Å². The minimum atomic E-state index is -3.58. The molecule has 1 unspecified atom stereocenters. The molecule has 2 amide bonds. The molecule has 0 spiro atoms. The second-order valence-corrected chi connectivity index (χ2v) is 8.96. The second kappa shape index (κ2) is 8.16. The van der Waals surface area contributed by atoms with Gasteiger partial charge in [0.1, 0.15) is 9.84 Å². The number of ether oxygens (including phenoxy) is 2. The highest BCUT2D eigenvalue weighted by Gasteiger charge is 2.43. The average Bonchev–Trinajstić information content (AvgIpc) is 2.96. The van der Waals surface area contributed by atoms with Crippen molar-refractivity contribution in [1.82, 2.24) is 4.90 Å². The summed E-state index contributed by atoms with van der Waals surface area (Å²) in [6.45, 7) is 2.13. The molecule has 0 radical (unpaired) electrons. The summed E-state index contributed by atoms with van der Waals surface area (Å²) in [7, 11) is -2.11. The van der Waals surface area contributed by atoms with Crippen molar-refractivity contribution in [2.45, 2.75) is 13.0 Å². The van der Waals surface area contributed by atoms with E-state index in [2.05, 4.69) is 0 Å². The number of sulfone groups is 1. The summed E-state index contributed by atoms with van der Waals surface area (Å²) in [4.78, 5) is 27.1. The van der Waals surface area contributed by atoms with Crippen molar-refractivity contribution in [2.24, 2.45) is 0 Å². The molecule has 156 valence electrons. The zero-order valence-electron chi connectivity index (χ0n) is 16.7. The molecule has 1 aliphatic rings. The molecular formula is C21H20N2O6S. The number of hydrogen-bond donors (Lipinski definition) is 0. The first-order valence-corrected chi connectivity index (χ1v) is 11.2. The van der Waals surface area contributed by atoms with Crippen LogP contribution in [-0.4, -0.2) is 50.9 Å². The number of rotatable bonds is 7. The van der Waals surface area contributed by atoms with Crippen LogP contribution in [0, 0.1) is 11.3 Å². The molecule has 30 heavy (non-hydrogen) atoms. The van der Waals surface area contributed by atoms with Crippen molar-refractivity contribution >= 4 is 21.7 Å². The minimum absolute atomic E-state index is 0.0120. The fourth-order valence-electron chi connectivity index (χ4n) is 3.46. The predicted molar refractivity (Wildman–Crippen MR) is 108 cm³/mol. The lowest BCUT2D eigenvalue weighted by molar-refractivity contribution is 0.0597. The van der Waals surface area contributed by atoms with E-state index in [1.54, 1.807) is 25.1 Å². The summed E-state index contributed by atoms with van der Waals surface area (Å²) in [6, 6.07) is 9.97. The summed E-state index contributed by atoms with van der Waals surface area (Å²) in [5.74, 6) is -1.01. The molecule has 0 saturated heterocycles. The number of benzene rings is 2. The SMILES string of the molecule is CCOc1cc(C(CS(C)(=O)=O)N2C(=O)c3cccc(C#N)c3C2=O)ccc1OC. The van der Waals surface area contributed by atoms with Crippen molar-refractivity contribution in [1.29, 1.82) is 5.26 Å². The fraction of sp³-hybridized carbons (Fsp3) is 0.286. The molecule has 2 aromatic rings.